The van der Waals surface area contributed by atoms with Crippen LogP contribution in [0.5, 0.6) is 5.88 Å². The lowest BCUT2D eigenvalue weighted by Gasteiger charge is -2.08. The molecule has 0 bridgehead atoms. The van der Waals surface area contributed by atoms with Gasteiger partial charge in [0.25, 0.3) is 0 Å². The summed E-state index contributed by atoms with van der Waals surface area (Å²) >= 11 is 3.45. The highest BCUT2D eigenvalue weighted by Gasteiger charge is 2.02. The first kappa shape index (κ1) is 11.7. The number of pyridine rings is 1. The molecule has 88 valence electrons. The Morgan fingerprint density at radius 3 is 2.59 bits per heavy atom. The van der Waals surface area contributed by atoms with Gasteiger partial charge in [0.15, 0.2) is 5.82 Å². The Bertz CT molecular complexity index is 531. The number of nitrogens with zero attached hydrogens (tertiary/aromatic N) is 1. The summed E-state index contributed by atoms with van der Waals surface area (Å²) in [6, 6.07) is 11.2. The fourth-order valence-corrected chi connectivity index (χ4v) is 1.71. The van der Waals surface area contributed by atoms with Gasteiger partial charge in [0.05, 0.1) is 5.69 Å². The number of hydrogen-bond donors (Lipinski definition) is 2. The van der Waals surface area contributed by atoms with Crippen LogP contribution in [0.25, 0.3) is 0 Å². The minimum absolute atomic E-state index is 0.287. The maximum absolute atomic E-state index is 5.59. The molecule has 0 spiro atoms. The Morgan fingerprint density at radius 1 is 1.12 bits per heavy atom. The summed E-state index contributed by atoms with van der Waals surface area (Å²) in [6.07, 6.45) is 0. The third-order valence-corrected chi connectivity index (χ3v) is 3.04. The van der Waals surface area contributed by atoms with E-state index in [1.54, 1.807) is 12.1 Å². The van der Waals surface area contributed by atoms with E-state index < -0.39 is 0 Å². The zero-order valence-corrected chi connectivity index (χ0v) is 10.6. The smallest absolute Gasteiger partial charge is 0.215 e. The molecular weight excluding hydrogens is 282 g/mol. The van der Waals surface area contributed by atoms with Crippen molar-refractivity contribution in [2.75, 3.05) is 11.5 Å². The Balaban J connectivity index is 2.08. The minimum atomic E-state index is 0.287. The molecule has 0 atom stereocenters. The second-order valence-corrected chi connectivity index (χ2v) is 4.36. The van der Waals surface area contributed by atoms with E-state index in [1.165, 1.54) is 0 Å². The lowest BCUT2D eigenvalue weighted by molar-refractivity contribution is 0.294. The van der Waals surface area contributed by atoms with Gasteiger partial charge in [0.1, 0.15) is 6.61 Å². The van der Waals surface area contributed by atoms with Gasteiger partial charge >= 0.3 is 0 Å². The molecule has 2 aromatic rings. The van der Waals surface area contributed by atoms with Crippen molar-refractivity contribution < 1.29 is 4.74 Å². The van der Waals surface area contributed by atoms with E-state index in [0.717, 1.165) is 10.0 Å². The Labute approximate surface area is 108 Å². The molecule has 4 N–H and O–H groups in total. The number of benzene rings is 1. The predicted octanol–water partition coefficient (Wildman–Crippen LogP) is 2.59. The average Bonchev–Trinajstić information content (AvgIpc) is 2.32. The van der Waals surface area contributed by atoms with Crippen LogP contribution in [0, 0.1) is 0 Å². The molecule has 0 aliphatic heterocycles. The van der Waals surface area contributed by atoms with E-state index in [4.69, 9.17) is 16.2 Å². The topological polar surface area (TPSA) is 74.2 Å². The van der Waals surface area contributed by atoms with Gasteiger partial charge in [-0.2, -0.15) is 4.98 Å². The molecule has 0 saturated carbocycles. The predicted molar refractivity (Wildman–Crippen MR) is 71.5 cm³/mol. The second kappa shape index (κ2) is 5.05. The summed E-state index contributed by atoms with van der Waals surface area (Å²) in [6.45, 7) is 0.428. The summed E-state index contributed by atoms with van der Waals surface area (Å²) in [5.41, 5.74) is 12.7. The number of nitrogens with two attached hydrogens (primary N) is 2. The van der Waals surface area contributed by atoms with Crippen LogP contribution in [-0.4, -0.2) is 4.98 Å². The number of anilines is 2. The quantitative estimate of drug-likeness (QED) is 0.912. The molecule has 1 aromatic heterocycles. The fraction of sp³-hybridized carbons (Fsp3) is 0.0833. The van der Waals surface area contributed by atoms with E-state index in [9.17, 15) is 0 Å². The Morgan fingerprint density at radius 2 is 1.88 bits per heavy atom. The fourth-order valence-electron chi connectivity index (χ4n) is 1.31. The first-order valence-electron chi connectivity index (χ1n) is 5.05. The van der Waals surface area contributed by atoms with Crippen LogP contribution in [0.3, 0.4) is 0 Å². The van der Waals surface area contributed by atoms with Gasteiger partial charge in [-0.25, -0.2) is 0 Å². The van der Waals surface area contributed by atoms with Crippen molar-refractivity contribution in [3.8, 4) is 5.88 Å². The molecule has 4 nitrogen and oxygen atoms in total. The first-order chi connectivity index (χ1) is 8.16. The van der Waals surface area contributed by atoms with Crippen molar-refractivity contribution in [2.45, 2.75) is 6.61 Å². The van der Waals surface area contributed by atoms with Crippen molar-refractivity contribution in [3.05, 3.63) is 46.4 Å². The van der Waals surface area contributed by atoms with Gasteiger partial charge in [0.2, 0.25) is 5.88 Å². The highest BCUT2D eigenvalue weighted by molar-refractivity contribution is 9.10. The number of halogens is 1. The molecule has 0 saturated heterocycles. The van der Waals surface area contributed by atoms with Gasteiger partial charge < -0.3 is 16.2 Å². The molecule has 17 heavy (non-hydrogen) atoms. The van der Waals surface area contributed by atoms with Crippen LogP contribution in [0.4, 0.5) is 11.5 Å². The third-order valence-electron chi connectivity index (χ3n) is 2.27. The third kappa shape index (κ3) is 2.88. The molecule has 0 aliphatic rings. The summed E-state index contributed by atoms with van der Waals surface area (Å²) in [7, 11) is 0. The number of rotatable bonds is 3. The summed E-state index contributed by atoms with van der Waals surface area (Å²) in [4.78, 5) is 4.03. The first-order valence-corrected chi connectivity index (χ1v) is 5.84. The van der Waals surface area contributed by atoms with Gasteiger partial charge in [0, 0.05) is 16.1 Å². The zero-order valence-electron chi connectivity index (χ0n) is 9.06. The number of ether oxygens (including phenoxy) is 1. The molecular formula is C12H12BrN3O. The van der Waals surface area contributed by atoms with Crippen molar-refractivity contribution in [1.29, 1.82) is 0 Å². The van der Waals surface area contributed by atoms with Crippen LogP contribution in [-0.2, 0) is 6.61 Å². The summed E-state index contributed by atoms with van der Waals surface area (Å²) in [5, 5.41) is 0. The van der Waals surface area contributed by atoms with Gasteiger partial charge in [-0.3, -0.25) is 0 Å². The molecule has 0 amide bonds. The van der Waals surface area contributed by atoms with Crippen LogP contribution < -0.4 is 16.2 Å². The van der Waals surface area contributed by atoms with Crippen molar-refractivity contribution in [3.63, 3.8) is 0 Å². The minimum Gasteiger partial charge on any atom is -0.473 e. The van der Waals surface area contributed by atoms with Gasteiger partial charge in [-0.15, -0.1) is 0 Å². The molecule has 2 rings (SSSR count). The summed E-state index contributed by atoms with van der Waals surface area (Å²) < 4.78 is 6.54. The zero-order chi connectivity index (χ0) is 12.3. The van der Waals surface area contributed by atoms with E-state index in [2.05, 4.69) is 20.9 Å². The molecule has 1 aromatic carbocycles. The monoisotopic (exact) mass is 293 g/mol. The highest BCUT2D eigenvalue weighted by Crippen LogP contribution is 2.20. The van der Waals surface area contributed by atoms with E-state index in [1.807, 2.05) is 24.3 Å². The molecule has 0 unspecified atom stereocenters. The maximum atomic E-state index is 5.59. The number of hydrogen-bond acceptors (Lipinski definition) is 4. The van der Waals surface area contributed by atoms with Crippen molar-refractivity contribution in [1.82, 2.24) is 4.98 Å². The SMILES string of the molecule is Nc1ccc(OCc2ccccc2Br)nc1N. The number of aromatic nitrogens is 1. The Hall–Kier alpha value is -1.75. The standard InChI is InChI=1S/C12H12BrN3O/c13-9-4-2-1-3-8(9)7-17-11-6-5-10(14)12(15)16-11/h1-6H,7,14H2,(H2,15,16). The normalized spacial score (nSPS) is 10.2. The molecule has 0 fully saturated rings. The maximum Gasteiger partial charge on any atom is 0.215 e. The molecule has 0 aliphatic carbocycles. The lowest BCUT2D eigenvalue weighted by atomic mass is 10.2. The van der Waals surface area contributed by atoms with Gasteiger partial charge in [-0.05, 0) is 12.1 Å². The van der Waals surface area contributed by atoms with E-state index in [-0.39, 0.29) is 5.82 Å². The molecule has 0 radical (unpaired) electrons. The molecule has 1 heterocycles. The van der Waals surface area contributed by atoms with Crippen molar-refractivity contribution in [2.24, 2.45) is 0 Å². The highest BCUT2D eigenvalue weighted by atomic mass is 79.9. The van der Waals surface area contributed by atoms with E-state index >= 15 is 0 Å². The summed E-state index contributed by atoms with van der Waals surface area (Å²) in [5.74, 6) is 0.752. The second-order valence-electron chi connectivity index (χ2n) is 3.50. The van der Waals surface area contributed by atoms with Crippen molar-refractivity contribution >= 4 is 27.4 Å². The van der Waals surface area contributed by atoms with Crippen LogP contribution in [0.2, 0.25) is 0 Å². The Kier molecular flexibility index (Phi) is 3.49. The van der Waals surface area contributed by atoms with Crippen LogP contribution in [0.1, 0.15) is 5.56 Å². The lowest BCUT2D eigenvalue weighted by Crippen LogP contribution is -2.02. The largest absolute Gasteiger partial charge is 0.473 e. The molecule has 5 heteroatoms. The van der Waals surface area contributed by atoms with Crippen LogP contribution >= 0.6 is 15.9 Å². The van der Waals surface area contributed by atoms with Crippen LogP contribution in [0.15, 0.2) is 40.9 Å². The van der Waals surface area contributed by atoms with E-state index in [0.29, 0.717) is 18.2 Å². The van der Waals surface area contributed by atoms with Gasteiger partial charge in [-0.1, -0.05) is 34.1 Å². The number of nitrogen functional groups attached to an aromatic ring is 2. The average molecular weight is 294 g/mol.